The summed E-state index contributed by atoms with van der Waals surface area (Å²) >= 11 is 0. The van der Waals surface area contributed by atoms with Gasteiger partial charge in [-0.15, -0.1) is 0 Å². The number of aromatic nitrogens is 3. The topological polar surface area (TPSA) is 130 Å². The first-order valence-electron chi connectivity index (χ1n) is 14.3. The van der Waals surface area contributed by atoms with Crippen molar-refractivity contribution in [2.24, 2.45) is 0 Å². The lowest BCUT2D eigenvalue weighted by molar-refractivity contribution is -0.0368. The van der Waals surface area contributed by atoms with Gasteiger partial charge in [-0.3, -0.25) is 0 Å². The van der Waals surface area contributed by atoms with Crippen molar-refractivity contribution < 1.29 is 38.1 Å². The summed E-state index contributed by atoms with van der Waals surface area (Å²) in [4.78, 5) is 42.7. The van der Waals surface area contributed by atoms with Crippen LogP contribution in [0, 0.1) is 5.82 Å². The Labute approximate surface area is 257 Å². The highest BCUT2D eigenvalue weighted by atomic mass is 19.1. The number of halogens is 1. The summed E-state index contributed by atoms with van der Waals surface area (Å²) in [5, 5.41) is 15.4. The van der Waals surface area contributed by atoms with E-state index in [2.05, 4.69) is 0 Å². The average Bonchev–Trinajstić information content (AvgIpc) is 3.47. The maximum atomic E-state index is 14.4. The molecule has 0 saturated carbocycles. The van der Waals surface area contributed by atoms with Gasteiger partial charge >= 0.3 is 17.9 Å². The average molecular weight is 610 g/mol. The summed E-state index contributed by atoms with van der Waals surface area (Å²) in [6.45, 7) is 0.591. The van der Waals surface area contributed by atoms with Crippen molar-refractivity contribution in [1.29, 1.82) is 0 Å². The first-order chi connectivity index (χ1) is 21.8. The number of hydrogen-bond acceptors (Lipinski definition) is 8. The van der Waals surface area contributed by atoms with Gasteiger partial charge in [0.25, 0.3) is 0 Å². The van der Waals surface area contributed by atoms with Crippen LogP contribution < -0.4 is 0 Å². The second-order valence-electron chi connectivity index (χ2n) is 10.5. The van der Waals surface area contributed by atoms with Crippen LogP contribution in [0.4, 0.5) is 4.39 Å². The predicted octanol–water partition coefficient (Wildman–Crippen LogP) is 6.45. The Balaban J connectivity index is 1.48. The minimum absolute atomic E-state index is 0.0947. The molecule has 1 unspecified atom stereocenters. The standard InChI is InChI=1S/C34H28FN3O7/c1-43-34(42)24-17-21(13-14-26(24)35)27-18-25(32(39)40)29-30(37-38(31(29)36-27)28-12-5-6-15-44-28)22-10-7-11-23(16-22)33(41)45-19-20-8-3-2-4-9-20/h2-4,7-11,13-14,16-18,28H,5-6,12,15,19H2,1H3,(H,39,40). The van der Waals surface area contributed by atoms with Gasteiger partial charge in [0.15, 0.2) is 11.9 Å². The van der Waals surface area contributed by atoms with Crippen LogP contribution in [0.15, 0.2) is 78.9 Å². The third-order valence-corrected chi connectivity index (χ3v) is 7.57. The van der Waals surface area contributed by atoms with E-state index in [1.807, 2.05) is 30.3 Å². The molecule has 0 radical (unpaired) electrons. The second-order valence-corrected chi connectivity index (χ2v) is 10.5. The number of methoxy groups -OCH3 is 1. The molecule has 1 N–H and O–H groups in total. The number of nitrogens with zero attached hydrogens (tertiary/aromatic N) is 3. The van der Waals surface area contributed by atoms with E-state index in [0.29, 0.717) is 29.8 Å². The summed E-state index contributed by atoms with van der Waals surface area (Å²) < 4.78 is 32.2. The number of rotatable bonds is 8. The van der Waals surface area contributed by atoms with Gasteiger partial charge in [0.1, 0.15) is 18.1 Å². The van der Waals surface area contributed by atoms with Gasteiger partial charge in [-0.05, 0) is 61.2 Å². The molecule has 1 saturated heterocycles. The number of pyridine rings is 1. The third kappa shape index (κ3) is 6.02. The summed E-state index contributed by atoms with van der Waals surface area (Å²) in [7, 11) is 1.14. The molecule has 2 aromatic heterocycles. The Hall–Kier alpha value is -5.42. The molecule has 6 rings (SSSR count). The SMILES string of the molecule is COC(=O)c1cc(-c2cc(C(=O)O)c3c(-c4cccc(C(=O)OCc5ccccc5)c4)nn(C4CCCCO4)c3n2)ccc1F. The number of aromatic carboxylic acids is 1. The Bertz CT molecular complexity index is 1920. The van der Waals surface area contributed by atoms with E-state index in [1.54, 1.807) is 28.9 Å². The zero-order chi connectivity index (χ0) is 31.5. The molecule has 5 aromatic rings. The molecule has 0 aliphatic carbocycles. The summed E-state index contributed by atoms with van der Waals surface area (Å²) in [5.41, 5.74) is 2.18. The lowest BCUT2D eigenvalue weighted by Crippen LogP contribution is -2.19. The molecule has 1 aliphatic heterocycles. The van der Waals surface area contributed by atoms with Crippen LogP contribution in [0.3, 0.4) is 0 Å². The van der Waals surface area contributed by atoms with E-state index in [9.17, 15) is 23.9 Å². The van der Waals surface area contributed by atoms with E-state index < -0.39 is 30.0 Å². The molecule has 45 heavy (non-hydrogen) atoms. The van der Waals surface area contributed by atoms with Gasteiger partial charge in [0, 0.05) is 17.7 Å². The highest BCUT2D eigenvalue weighted by Gasteiger charge is 2.28. The van der Waals surface area contributed by atoms with E-state index in [-0.39, 0.29) is 40.0 Å². The minimum Gasteiger partial charge on any atom is -0.478 e. The number of carboxylic acid groups (broad SMARTS) is 1. The number of carbonyl (C=O) groups excluding carboxylic acids is 2. The summed E-state index contributed by atoms with van der Waals surface area (Å²) in [5.74, 6) is -3.45. The van der Waals surface area contributed by atoms with Gasteiger partial charge in [-0.25, -0.2) is 28.4 Å². The number of hydrogen-bond donors (Lipinski definition) is 1. The third-order valence-electron chi connectivity index (χ3n) is 7.57. The molecule has 1 atom stereocenters. The normalized spacial score (nSPS) is 14.7. The maximum Gasteiger partial charge on any atom is 0.340 e. The van der Waals surface area contributed by atoms with Crippen molar-refractivity contribution in [1.82, 2.24) is 14.8 Å². The zero-order valence-electron chi connectivity index (χ0n) is 24.2. The first kappa shape index (κ1) is 29.6. The number of fused-ring (bicyclic) bond motifs is 1. The molecular formula is C34H28FN3O7. The van der Waals surface area contributed by atoms with Gasteiger partial charge < -0.3 is 19.3 Å². The highest BCUT2D eigenvalue weighted by molar-refractivity contribution is 6.09. The van der Waals surface area contributed by atoms with Crippen molar-refractivity contribution in [3.05, 3.63) is 107 Å². The molecule has 3 aromatic carbocycles. The Morgan fingerprint density at radius 2 is 1.78 bits per heavy atom. The Kier molecular flexibility index (Phi) is 8.35. The lowest BCUT2D eigenvalue weighted by Gasteiger charge is -2.23. The van der Waals surface area contributed by atoms with Gasteiger partial charge in [0.05, 0.1) is 34.9 Å². The van der Waals surface area contributed by atoms with Crippen LogP contribution in [-0.4, -0.2) is 51.5 Å². The van der Waals surface area contributed by atoms with Crippen LogP contribution in [-0.2, 0) is 20.8 Å². The Morgan fingerprint density at radius 3 is 2.51 bits per heavy atom. The van der Waals surface area contributed by atoms with Crippen molar-refractivity contribution in [3.63, 3.8) is 0 Å². The second kappa shape index (κ2) is 12.7. The molecule has 228 valence electrons. The van der Waals surface area contributed by atoms with Gasteiger partial charge in [0.2, 0.25) is 0 Å². The quantitative estimate of drug-likeness (QED) is 0.197. The molecule has 0 spiro atoms. The van der Waals surface area contributed by atoms with Crippen LogP contribution in [0.2, 0.25) is 0 Å². The fourth-order valence-electron chi connectivity index (χ4n) is 5.32. The van der Waals surface area contributed by atoms with E-state index in [1.165, 1.54) is 18.2 Å². The predicted molar refractivity (Wildman–Crippen MR) is 161 cm³/mol. The minimum atomic E-state index is -1.25. The molecule has 10 nitrogen and oxygen atoms in total. The molecule has 3 heterocycles. The monoisotopic (exact) mass is 609 g/mol. The van der Waals surface area contributed by atoms with Crippen LogP contribution in [0.25, 0.3) is 33.5 Å². The van der Waals surface area contributed by atoms with E-state index in [0.717, 1.165) is 31.6 Å². The molecule has 11 heteroatoms. The number of esters is 2. The van der Waals surface area contributed by atoms with Crippen LogP contribution >= 0.6 is 0 Å². The smallest absolute Gasteiger partial charge is 0.340 e. The first-order valence-corrected chi connectivity index (χ1v) is 14.3. The molecule has 1 fully saturated rings. The number of carbonyl (C=O) groups is 3. The molecular weight excluding hydrogens is 581 g/mol. The maximum absolute atomic E-state index is 14.4. The van der Waals surface area contributed by atoms with Crippen molar-refractivity contribution in [2.45, 2.75) is 32.1 Å². The number of carboxylic acids is 1. The van der Waals surface area contributed by atoms with Crippen LogP contribution in [0.5, 0.6) is 0 Å². The molecule has 1 aliphatic rings. The lowest BCUT2D eigenvalue weighted by atomic mass is 10.0. The molecule has 0 amide bonds. The zero-order valence-corrected chi connectivity index (χ0v) is 24.2. The van der Waals surface area contributed by atoms with Gasteiger partial charge in [-0.2, -0.15) is 5.10 Å². The number of ether oxygens (including phenoxy) is 3. The van der Waals surface area contributed by atoms with Crippen molar-refractivity contribution >= 4 is 28.9 Å². The summed E-state index contributed by atoms with van der Waals surface area (Å²) in [6.07, 6.45) is 1.85. The highest BCUT2D eigenvalue weighted by Crippen LogP contribution is 2.36. The Morgan fingerprint density at radius 1 is 0.956 bits per heavy atom. The van der Waals surface area contributed by atoms with E-state index in [4.69, 9.17) is 24.3 Å². The van der Waals surface area contributed by atoms with Crippen LogP contribution in [0.1, 0.15) is 62.1 Å². The summed E-state index contributed by atoms with van der Waals surface area (Å²) in [6, 6.07) is 21.0. The molecule has 0 bridgehead atoms. The van der Waals surface area contributed by atoms with Crippen molar-refractivity contribution in [3.8, 4) is 22.5 Å². The van der Waals surface area contributed by atoms with Crippen molar-refractivity contribution in [2.75, 3.05) is 13.7 Å². The fraction of sp³-hybridized carbons (Fsp3) is 0.206. The van der Waals surface area contributed by atoms with Gasteiger partial charge in [-0.1, -0.05) is 42.5 Å². The van der Waals surface area contributed by atoms with E-state index >= 15 is 0 Å². The largest absolute Gasteiger partial charge is 0.478 e. The number of benzene rings is 3. The fourth-order valence-corrected chi connectivity index (χ4v) is 5.32.